The van der Waals surface area contributed by atoms with Crippen molar-refractivity contribution >= 4 is 0 Å². The Labute approximate surface area is 71.2 Å². The molecule has 0 saturated heterocycles. The van der Waals surface area contributed by atoms with Crippen molar-refractivity contribution in [3.63, 3.8) is 0 Å². The van der Waals surface area contributed by atoms with Crippen molar-refractivity contribution in [1.29, 1.82) is 0 Å². The van der Waals surface area contributed by atoms with Crippen molar-refractivity contribution in [3.8, 4) is 0 Å². The van der Waals surface area contributed by atoms with Gasteiger partial charge in [-0.15, -0.1) is 5.10 Å². The molecule has 1 aromatic rings. The third-order valence-corrected chi connectivity index (χ3v) is 2.11. The predicted molar refractivity (Wildman–Crippen MR) is 44.2 cm³/mol. The lowest BCUT2D eigenvalue weighted by atomic mass is 9.97. The first-order chi connectivity index (χ1) is 5.64. The molecule has 5 nitrogen and oxygen atoms in total. The summed E-state index contributed by atoms with van der Waals surface area (Å²) in [7, 11) is 1.73. The van der Waals surface area contributed by atoms with E-state index in [1.54, 1.807) is 7.05 Å². The minimum absolute atomic E-state index is 0.185. The molecule has 1 heterocycles. The zero-order valence-electron chi connectivity index (χ0n) is 7.36. The first-order valence-corrected chi connectivity index (χ1v) is 3.91. The fourth-order valence-electron chi connectivity index (χ4n) is 1.14. The van der Waals surface area contributed by atoms with Gasteiger partial charge >= 0.3 is 0 Å². The van der Waals surface area contributed by atoms with Crippen LogP contribution in [0.1, 0.15) is 19.0 Å². The highest BCUT2D eigenvalue weighted by atomic mass is 16.3. The van der Waals surface area contributed by atoms with Gasteiger partial charge in [-0.1, -0.05) is 12.1 Å². The molecule has 1 rings (SSSR count). The minimum atomic E-state index is -0.988. The van der Waals surface area contributed by atoms with Crippen LogP contribution in [0.4, 0.5) is 0 Å². The molecule has 0 fully saturated rings. The molecule has 12 heavy (non-hydrogen) atoms. The number of hydrogen-bond acceptors (Lipinski definition) is 4. The molecule has 5 heteroatoms. The summed E-state index contributed by atoms with van der Waals surface area (Å²) in [6.07, 6.45) is 2.10. The molecule has 0 aromatic carbocycles. The van der Waals surface area contributed by atoms with E-state index in [1.165, 1.54) is 10.9 Å². The van der Waals surface area contributed by atoms with Crippen LogP contribution in [0.25, 0.3) is 0 Å². The maximum atomic E-state index is 9.94. The quantitative estimate of drug-likeness (QED) is 0.633. The molecule has 68 valence electrons. The molecule has 0 radical (unpaired) electrons. The van der Waals surface area contributed by atoms with Gasteiger partial charge in [0.1, 0.15) is 5.60 Å². The number of aryl methyl sites for hydroxylation is 1. The summed E-state index contributed by atoms with van der Waals surface area (Å²) in [5.74, 6) is 0. The minimum Gasteiger partial charge on any atom is -0.382 e. The van der Waals surface area contributed by atoms with Gasteiger partial charge in [0.15, 0.2) is 0 Å². The van der Waals surface area contributed by atoms with Crippen molar-refractivity contribution in [2.75, 3.05) is 6.54 Å². The van der Waals surface area contributed by atoms with E-state index >= 15 is 0 Å². The molecule has 0 amide bonds. The lowest BCUT2D eigenvalue weighted by molar-refractivity contribution is 0.0336. The molecule has 0 saturated carbocycles. The van der Waals surface area contributed by atoms with Crippen LogP contribution in [0.5, 0.6) is 0 Å². The SMILES string of the molecule is CCC(O)(CN)c1cnnn1C. The Hall–Kier alpha value is -0.940. The molecule has 1 unspecified atom stereocenters. The molecule has 0 bridgehead atoms. The average Bonchev–Trinajstić information content (AvgIpc) is 2.51. The standard InChI is InChI=1S/C7H14N4O/c1-3-7(12,5-8)6-4-9-10-11(6)2/h4,12H,3,5,8H2,1-2H3. The van der Waals surface area contributed by atoms with E-state index in [0.29, 0.717) is 12.1 Å². The Balaban J connectivity index is 3.02. The van der Waals surface area contributed by atoms with Gasteiger partial charge in [0.25, 0.3) is 0 Å². The number of nitrogens with zero attached hydrogens (tertiary/aromatic N) is 3. The van der Waals surface area contributed by atoms with Gasteiger partial charge in [-0.25, -0.2) is 4.68 Å². The first-order valence-electron chi connectivity index (χ1n) is 3.91. The average molecular weight is 170 g/mol. The van der Waals surface area contributed by atoms with E-state index < -0.39 is 5.60 Å². The number of hydrogen-bond donors (Lipinski definition) is 2. The highest BCUT2D eigenvalue weighted by Crippen LogP contribution is 2.21. The third-order valence-electron chi connectivity index (χ3n) is 2.11. The van der Waals surface area contributed by atoms with Crippen LogP contribution >= 0.6 is 0 Å². The Bertz CT molecular complexity index is 254. The Morgan fingerprint density at radius 1 is 1.75 bits per heavy atom. The van der Waals surface area contributed by atoms with E-state index in [9.17, 15) is 5.11 Å². The van der Waals surface area contributed by atoms with Crippen molar-refractivity contribution in [2.45, 2.75) is 18.9 Å². The molecule has 1 atom stereocenters. The fourth-order valence-corrected chi connectivity index (χ4v) is 1.14. The van der Waals surface area contributed by atoms with E-state index in [4.69, 9.17) is 5.73 Å². The van der Waals surface area contributed by atoms with Crippen molar-refractivity contribution in [1.82, 2.24) is 15.0 Å². The topological polar surface area (TPSA) is 77.0 Å². The largest absolute Gasteiger partial charge is 0.382 e. The van der Waals surface area contributed by atoms with Gasteiger partial charge in [-0.05, 0) is 6.42 Å². The molecule has 0 aliphatic rings. The molecular formula is C7H14N4O. The maximum Gasteiger partial charge on any atom is 0.120 e. The third kappa shape index (κ3) is 1.33. The Morgan fingerprint density at radius 3 is 2.75 bits per heavy atom. The molecule has 0 spiro atoms. The van der Waals surface area contributed by atoms with Crippen molar-refractivity contribution in [3.05, 3.63) is 11.9 Å². The highest BCUT2D eigenvalue weighted by molar-refractivity contribution is 5.07. The summed E-state index contributed by atoms with van der Waals surface area (Å²) < 4.78 is 1.54. The van der Waals surface area contributed by atoms with Crippen LogP contribution < -0.4 is 5.73 Å². The van der Waals surface area contributed by atoms with Crippen LogP contribution in [0, 0.1) is 0 Å². The van der Waals surface area contributed by atoms with Gasteiger partial charge in [-0.2, -0.15) is 0 Å². The molecular weight excluding hydrogens is 156 g/mol. The smallest absolute Gasteiger partial charge is 0.120 e. The first kappa shape index (κ1) is 9.15. The fraction of sp³-hybridized carbons (Fsp3) is 0.714. The van der Waals surface area contributed by atoms with Gasteiger partial charge in [0, 0.05) is 13.6 Å². The second-order valence-electron chi connectivity index (χ2n) is 2.83. The van der Waals surface area contributed by atoms with Crippen LogP contribution in [-0.2, 0) is 12.6 Å². The Kier molecular flexibility index (Phi) is 2.44. The summed E-state index contributed by atoms with van der Waals surface area (Å²) >= 11 is 0. The number of nitrogens with two attached hydrogens (primary N) is 1. The lowest BCUT2D eigenvalue weighted by Crippen LogP contribution is -2.36. The van der Waals surface area contributed by atoms with Crippen molar-refractivity contribution < 1.29 is 5.11 Å². The lowest BCUT2D eigenvalue weighted by Gasteiger charge is -2.23. The second-order valence-corrected chi connectivity index (χ2v) is 2.83. The summed E-state index contributed by atoms with van der Waals surface area (Å²) in [5.41, 5.74) is 5.13. The van der Waals surface area contributed by atoms with Crippen molar-refractivity contribution in [2.24, 2.45) is 12.8 Å². The summed E-state index contributed by atoms with van der Waals surface area (Å²) in [6, 6.07) is 0. The van der Waals surface area contributed by atoms with E-state index in [2.05, 4.69) is 10.3 Å². The van der Waals surface area contributed by atoms with E-state index in [-0.39, 0.29) is 6.54 Å². The number of rotatable bonds is 3. The van der Waals surface area contributed by atoms with Crippen LogP contribution in [-0.4, -0.2) is 26.6 Å². The summed E-state index contributed by atoms with van der Waals surface area (Å²) in [5, 5.41) is 17.4. The molecule has 0 aliphatic carbocycles. The molecule has 0 aliphatic heterocycles. The van der Waals surface area contributed by atoms with Crippen LogP contribution in [0.2, 0.25) is 0 Å². The predicted octanol–water partition coefficient (Wildman–Crippen LogP) is -0.629. The summed E-state index contributed by atoms with van der Waals surface area (Å²) in [6.45, 7) is 2.06. The van der Waals surface area contributed by atoms with E-state index in [1.807, 2.05) is 6.92 Å². The maximum absolute atomic E-state index is 9.94. The second kappa shape index (κ2) is 3.20. The van der Waals surface area contributed by atoms with Gasteiger partial charge in [0.2, 0.25) is 0 Å². The van der Waals surface area contributed by atoms with Crippen LogP contribution in [0.3, 0.4) is 0 Å². The van der Waals surface area contributed by atoms with Gasteiger partial charge in [0.05, 0.1) is 11.9 Å². The molecule has 1 aromatic heterocycles. The van der Waals surface area contributed by atoms with Gasteiger partial charge in [-0.3, -0.25) is 0 Å². The zero-order valence-corrected chi connectivity index (χ0v) is 7.36. The Morgan fingerprint density at radius 2 is 2.42 bits per heavy atom. The van der Waals surface area contributed by atoms with Crippen LogP contribution in [0.15, 0.2) is 6.20 Å². The monoisotopic (exact) mass is 170 g/mol. The highest BCUT2D eigenvalue weighted by Gasteiger charge is 2.28. The van der Waals surface area contributed by atoms with E-state index in [0.717, 1.165) is 0 Å². The number of aliphatic hydroxyl groups is 1. The van der Waals surface area contributed by atoms with Gasteiger partial charge < -0.3 is 10.8 Å². The number of aromatic nitrogens is 3. The summed E-state index contributed by atoms with van der Waals surface area (Å²) in [4.78, 5) is 0. The normalized spacial score (nSPS) is 16.0. The molecule has 3 N–H and O–H groups in total. The zero-order chi connectivity index (χ0) is 9.19.